The van der Waals surface area contributed by atoms with Crippen LogP contribution in [0.5, 0.6) is 0 Å². The van der Waals surface area contributed by atoms with Crippen LogP contribution in [-0.2, 0) is 16.4 Å². The maximum absolute atomic E-state index is 13.2. The van der Waals surface area contributed by atoms with Crippen molar-refractivity contribution in [1.29, 1.82) is 0 Å². The van der Waals surface area contributed by atoms with E-state index < -0.39 is 10.0 Å². The highest BCUT2D eigenvalue weighted by atomic mass is 32.2. The molecule has 3 aromatic rings. The Morgan fingerprint density at radius 1 is 0.967 bits per heavy atom. The minimum absolute atomic E-state index is 0.0988. The van der Waals surface area contributed by atoms with E-state index >= 15 is 0 Å². The third-order valence-corrected chi connectivity index (χ3v) is 7.27. The van der Waals surface area contributed by atoms with E-state index in [4.69, 9.17) is 0 Å². The lowest BCUT2D eigenvalue weighted by atomic mass is 10.0. The van der Waals surface area contributed by atoms with Crippen LogP contribution in [0.2, 0.25) is 0 Å². The number of hydrogen-bond acceptors (Lipinski definition) is 3. The zero-order valence-electron chi connectivity index (χ0n) is 17.1. The van der Waals surface area contributed by atoms with Gasteiger partial charge in [0, 0.05) is 24.8 Å². The normalized spacial score (nSPS) is 13.6. The van der Waals surface area contributed by atoms with E-state index in [0.29, 0.717) is 17.8 Å². The minimum atomic E-state index is -3.79. The molecule has 0 bridgehead atoms. The van der Waals surface area contributed by atoms with Crippen LogP contribution in [0.25, 0.3) is 0 Å². The summed E-state index contributed by atoms with van der Waals surface area (Å²) in [5.74, 6) is -0.183. The van der Waals surface area contributed by atoms with Crippen molar-refractivity contribution in [1.82, 2.24) is 0 Å². The average molecular weight is 421 g/mol. The molecule has 0 spiro atoms. The molecule has 6 heteroatoms. The second-order valence-electron chi connectivity index (χ2n) is 7.52. The van der Waals surface area contributed by atoms with Gasteiger partial charge in [-0.2, -0.15) is 0 Å². The molecule has 0 radical (unpaired) electrons. The highest BCUT2D eigenvalue weighted by Gasteiger charge is 2.26. The summed E-state index contributed by atoms with van der Waals surface area (Å²) < 4.78 is 27.6. The maximum atomic E-state index is 13.2. The quantitative estimate of drug-likeness (QED) is 0.628. The smallest absolute Gasteiger partial charge is 0.264 e. The first kappa shape index (κ1) is 20.2. The monoisotopic (exact) mass is 420 g/mol. The van der Waals surface area contributed by atoms with Crippen molar-refractivity contribution in [3.8, 4) is 0 Å². The molecule has 1 aliphatic heterocycles. The van der Waals surface area contributed by atoms with Crippen LogP contribution in [0.15, 0.2) is 77.7 Å². The topological polar surface area (TPSA) is 57.7 Å². The van der Waals surface area contributed by atoms with Crippen molar-refractivity contribution in [2.24, 2.45) is 0 Å². The Morgan fingerprint density at radius 2 is 1.70 bits per heavy atom. The molecule has 1 amide bonds. The van der Waals surface area contributed by atoms with Crippen LogP contribution in [0.1, 0.15) is 27.9 Å². The maximum Gasteiger partial charge on any atom is 0.264 e. The van der Waals surface area contributed by atoms with Crippen LogP contribution in [0, 0.1) is 6.92 Å². The molecule has 3 aromatic carbocycles. The van der Waals surface area contributed by atoms with Crippen molar-refractivity contribution in [2.75, 3.05) is 22.8 Å². The first-order chi connectivity index (χ1) is 14.4. The second kappa shape index (κ2) is 7.95. The van der Waals surface area contributed by atoms with Crippen molar-refractivity contribution < 1.29 is 13.2 Å². The Labute approximate surface area is 177 Å². The van der Waals surface area contributed by atoms with Crippen LogP contribution in [-0.4, -0.2) is 27.9 Å². The summed E-state index contributed by atoms with van der Waals surface area (Å²) in [5, 5.41) is 0. The molecule has 0 fully saturated rings. The summed E-state index contributed by atoms with van der Waals surface area (Å²) in [6, 6.07) is 21.4. The summed E-state index contributed by atoms with van der Waals surface area (Å²) in [4.78, 5) is 15.1. The van der Waals surface area contributed by atoms with E-state index in [1.807, 2.05) is 43.3 Å². The summed E-state index contributed by atoms with van der Waals surface area (Å²) in [7, 11) is -2.27. The number of fused-ring (bicyclic) bond motifs is 1. The van der Waals surface area contributed by atoms with E-state index in [1.165, 1.54) is 23.5 Å². The third kappa shape index (κ3) is 3.71. The van der Waals surface area contributed by atoms with Gasteiger partial charge in [0.15, 0.2) is 0 Å². The highest BCUT2D eigenvalue weighted by Crippen LogP contribution is 2.29. The molecular weight excluding hydrogens is 396 g/mol. The van der Waals surface area contributed by atoms with Gasteiger partial charge in [-0.15, -0.1) is 0 Å². The Bertz CT molecular complexity index is 1190. The Morgan fingerprint density at radius 3 is 2.47 bits per heavy atom. The van der Waals surface area contributed by atoms with Gasteiger partial charge in [0.25, 0.3) is 15.9 Å². The summed E-state index contributed by atoms with van der Waals surface area (Å²) in [6.45, 7) is 2.57. The van der Waals surface area contributed by atoms with Gasteiger partial charge in [-0.1, -0.05) is 42.0 Å². The molecule has 30 heavy (non-hydrogen) atoms. The zero-order chi connectivity index (χ0) is 21.3. The fourth-order valence-corrected chi connectivity index (χ4v) is 4.98. The van der Waals surface area contributed by atoms with Gasteiger partial charge in [-0.25, -0.2) is 8.42 Å². The number of rotatable bonds is 4. The first-order valence-electron chi connectivity index (χ1n) is 9.93. The molecule has 0 saturated carbocycles. The predicted octanol–water partition coefficient (Wildman–Crippen LogP) is 4.41. The number of anilines is 2. The average Bonchev–Trinajstić information content (AvgIpc) is 2.78. The minimum Gasteiger partial charge on any atom is -0.308 e. The lowest BCUT2D eigenvalue weighted by Crippen LogP contribution is -2.35. The molecular formula is C24H24N2O3S. The number of hydrogen-bond donors (Lipinski definition) is 0. The van der Waals surface area contributed by atoms with E-state index in [9.17, 15) is 13.2 Å². The number of carbonyl (C=O) groups excluding carboxylic acids is 1. The molecule has 1 heterocycles. The highest BCUT2D eigenvalue weighted by molar-refractivity contribution is 7.92. The number of nitrogens with zero attached hydrogens (tertiary/aromatic N) is 2. The van der Waals surface area contributed by atoms with Crippen LogP contribution in [0.3, 0.4) is 0 Å². The molecule has 0 aromatic heterocycles. The van der Waals surface area contributed by atoms with Crippen molar-refractivity contribution in [3.63, 3.8) is 0 Å². The van der Waals surface area contributed by atoms with Crippen LogP contribution >= 0.6 is 0 Å². The summed E-state index contributed by atoms with van der Waals surface area (Å²) in [6.07, 6.45) is 1.83. The van der Waals surface area contributed by atoms with Gasteiger partial charge < -0.3 is 4.90 Å². The number of para-hydroxylation sites is 1. The van der Waals surface area contributed by atoms with E-state index in [2.05, 4.69) is 0 Å². The molecule has 5 nitrogen and oxygen atoms in total. The van der Waals surface area contributed by atoms with E-state index in [1.54, 1.807) is 29.2 Å². The number of aryl methyl sites for hydroxylation is 2. The summed E-state index contributed by atoms with van der Waals surface area (Å²) >= 11 is 0. The number of benzene rings is 3. The largest absolute Gasteiger partial charge is 0.308 e. The molecule has 4 rings (SSSR count). The van der Waals surface area contributed by atoms with E-state index in [-0.39, 0.29) is 10.8 Å². The molecule has 0 aliphatic carbocycles. The molecule has 0 unspecified atom stereocenters. The SMILES string of the molecule is Cc1ccc(N(C)S(=O)(=O)c2cccc(C(=O)N3CCCc4ccccc43)c2)cc1. The van der Waals surface area contributed by atoms with Gasteiger partial charge >= 0.3 is 0 Å². The molecule has 1 aliphatic rings. The zero-order valence-corrected chi connectivity index (χ0v) is 17.9. The van der Waals surface area contributed by atoms with Gasteiger partial charge in [0.2, 0.25) is 0 Å². The third-order valence-electron chi connectivity index (χ3n) is 5.49. The lowest BCUT2D eigenvalue weighted by Gasteiger charge is -2.29. The van der Waals surface area contributed by atoms with Crippen LogP contribution < -0.4 is 9.21 Å². The molecule has 0 saturated heterocycles. The standard InChI is InChI=1S/C24H24N2O3S/c1-18-12-14-21(15-13-18)25(2)30(28,29)22-10-5-8-20(17-22)24(27)26-16-6-9-19-7-3-4-11-23(19)26/h3-5,7-8,10-15,17H,6,9,16H2,1-2H3. The molecule has 154 valence electrons. The van der Waals surface area contributed by atoms with Crippen LogP contribution in [0.4, 0.5) is 11.4 Å². The summed E-state index contributed by atoms with van der Waals surface area (Å²) in [5.41, 5.74) is 4.03. The first-order valence-corrected chi connectivity index (χ1v) is 11.4. The van der Waals surface area contributed by atoms with Crippen molar-refractivity contribution >= 4 is 27.3 Å². The Balaban J connectivity index is 1.66. The fraction of sp³-hybridized carbons (Fsp3) is 0.208. The fourth-order valence-electron chi connectivity index (χ4n) is 3.74. The Kier molecular flexibility index (Phi) is 5.35. The van der Waals surface area contributed by atoms with Gasteiger partial charge in [0.1, 0.15) is 0 Å². The number of sulfonamides is 1. The van der Waals surface area contributed by atoms with E-state index in [0.717, 1.165) is 29.7 Å². The Hall–Kier alpha value is -3.12. The number of amides is 1. The number of carbonyl (C=O) groups is 1. The van der Waals surface area contributed by atoms with Crippen molar-refractivity contribution in [2.45, 2.75) is 24.7 Å². The molecule has 0 N–H and O–H groups in total. The van der Waals surface area contributed by atoms with Gasteiger partial charge in [-0.05, 0) is 61.7 Å². The second-order valence-corrected chi connectivity index (χ2v) is 9.49. The van der Waals surface area contributed by atoms with Crippen molar-refractivity contribution in [3.05, 3.63) is 89.5 Å². The van der Waals surface area contributed by atoms with Gasteiger partial charge in [-0.3, -0.25) is 9.10 Å². The van der Waals surface area contributed by atoms with Gasteiger partial charge in [0.05, 0.1) is 10.6 Å². The molecule has 0 atom stereocenters. The predicted molar refractivity (Wildman–Crippen MR) is 120 cm³/mol. The lowest BCUT2D eigenvalue weighted by molar-refractivity contribution is 0.0985.